The lowest BCUT2D eigenvalue weighted by Gasteiger charge is -2.23. The number of rotatable bonds is 8. The standard InChI is InChI=1S/C18H23N3O4S/c1-14(2)11-18(22)20-21(13-15-5-4-10-19-12-15)26(23,24)17-8-6-16(25-3)7-9-17/h4-10,12,14H,11,13H2,1-3H3,(H,20,22). The average molecular weight is 377 g/mol. The second-order valence-electron chi connectivity index (χ2n) is 6.18. The third-order valence-corrected chi connectivity index (χ3v) is 5.21. The molecular weight excluding hydrogens is 354 g/mol. The third kappa shape index (κ3) is 5.27. The predicted octanol–water partition coefficient (Wildman–Crippen LogP) is 2.36. The Morgan fingerprint density at radius 1 is 1.23 bits per heavy atom. The lowest BCUT2D eigenvalue weighted by atomic mass is 10.1. The first-order valence-electron chi connectivity index (χ1n) is 8.18. The largest absolute Gasteiger partial charge is 0.497 e. The molecule has 1 N–H and O–H groups in total. The first-order chi connectivity index (χ1) is 12.3. The second-order valence-corrected chi connectivity index (χ2v) is 8.04. The van der Waals surface area contributed by atoms with Gasteiger partial charge in [-0.2, -0.15) is 0 Å². The molecule has 8 heteroatoms. The van der Waals surface area contributed by atoms with Crippen LogP contribution in [-0.2, 0) is 21.4 Å². The molecule has 26 heavy (non-hydrogen) atoms. The van der Waals surface area contributed by atoms with Gasteiger partial charge in [-0.25, -0.2) is 8.42 Å². The van der Waals surface area contributed by atoms with Crippen LogP contribution in [0.1, 0.15) is 25.8 Å². The van der Waals surface area contributed by atoms with E-state index in [1.807, 2.05) is 13.8 Å². The summed E-state index contributed by atoms with van der Waals surface area (Å²) >= 11 is 0. The Balaban J connectivity index is 2.31. The van der Waals surface area contributed by atoms with E-state index >= 15 is 0 Å². The van der Waals surface area contributed by atoms with Gasteiger partial charge in [-0.15, -0.1) is 4.41 Å². The van der Waals surface area contributed by atoms with Gasteiger partial charge in [-0.05, 0) is 41.8 Å². The van der Waals surface area contributed by atoms with Crippen LogP contribution >= 0.6 is 0 Å². The number of methoxy groups -OCH3 is 1. The summed E-state index contributed by atoms with van der Waals surface area (Å²) in [4.78, 5) is 16.2. The Morgan fingerprint density at radius 3 is 2.46 bits per heavy atom. The quantitative estimate of drug-likeness (QED) is 0.714. The average Bonchev–Trinajstić information content (AvgIpc) is 2.61. The van der Waals surface area contributed by atoms with Crippen molar-refractivity contribution in [2.45, 2.75) is 31.7 Å². The van der Waals surface area contributed by atoms with Crippen molar-refractivity contribution in [2.24, 2.45) is 5.92 Å². The molecule has 2 aromatic rings. The molecule has 1 aromatic heterocycles. The predicted molar refractivity (Wildman–Crippen MR) is 97.6 cm³/mol. The molecule has 0 atom stereocenters. The number of ether oxygens (including phenoxy) is 1. The Hall–Kier alpha value is -2.45. The molecule has 0 unspecified atom stereocenters. The maximum absolute atomic E-state index is 13.0. The highest BCUT2D eigenvalue weighted by Gasteiger charge is 2.27. The molecule has 140 valence electrons. The van der Waals surface area contributed by atoms with Gasteiger partial charge in [0.2, 0.25) is 5.91 Å². The number of hydrazine groups is 1. The summed E-state index contributed by atoms with van der Waals surface area (Å²) in [5.41, 5.74) is 3.17. The molecule has 0 aliphatic carbocycles. The minimum Gasteiger partial charge on any atom is -0.497 e. The second kappa shape index (κ2) is 8.77. The minimum atomic E-state index is -3.94. The van der Waals surface area contributed by atoms with Crippen molar-refractivity contribution in [3.8, 4) is 5.75 Å². The zero-order valence-electron chi connectivity index (χ0n) is 15.0. The first-order valence-corrected chi connectivity index (χ1v) is 9.62. The van der Waals surface area contributed by atoms with Crippen LogP contribution in [0.5, 0.6) is 5.75 Å². The Kier molecular flexibility index (Phi) is 6.70. The van der Waals surface area contributed by atoms with Gasteiger partial charge in [0, 0.05) is 18.8 Å². The van der Waals surface area contributed by atoms with Crippen molar-refractivity contribution in [3.05, 3.63) is 54.4 Å². The van der Waals surface area contributed by atoms with E-state index in [0.717, 1.165) is 4.41 Å². The lowest BCUT2D eigenvalue weighted by molar-refractivity contribution is -0.124. The fraction of sp³-hybridized carbons (Fsp3) is 0.333. The van der Waals surface area contributed by atoms with Crippen LogP contribution in [0.3, 0.4) is 0 Å². The van der Waals surface area contributed by atoms with Gasteiger partial charge in [-0.3, -0.25) is 15.2 Å². The van der Waals surface area contributed by atoms with E-state index in [0.29, 0.717) is 11.3 Å². The van der Waals surface area contributed by atoms with Crippen LogP contribution in [0.2, 0.25) is 0 Å². The number of hydrogen-bond acceptors (Lipinski definition) is 5. The number of pyridine rings is 1. The van der Waals surface area contributed by atoms with E-state index in [1.54, 1.807) is 36.7 Å². The topological polar surface area (TPSA) is 88.6 Å². The van der Waals surface area contributed by atoms with E-state index in [4.69, 9.17) is 4.74 Å². The highest BCUT2D eigenvalue weighted by molar-refractivity contribution is 7.89. The van der Waals surface area contributed by atoms with Crippen molar-refractivity contribution in [3.63, 3.8) is 0 Å². The molecule has 0 fully saturated rings. The summed E-state index contributed by atoms with van der Waals surface area (Å²) in [5, 5.41) is 0. The zero-order chi connectivity index (χ0) is 19.2. The maximum atomic E-state index is 13.0. The molecule has 7 nitrogen and oxygen atoms in total. The van der Waals surface area contributed by atoms with Gasteiger partial charge < -0.3 is 4.74 Å². The van der Waals surface area contributed by atoms with Gasteiger partial charge in [0.05, 0.1) is 18.6 Å². The molecule has 1 amide bonds. The summed E-state index contributed by atoms with van der Waals surface area (Å²) in [6.07, 6.45) is 3.38. The number of amides is 1. The monoisotopic (exact) mass is 377 g/mol. The number of sulfonamides is 1. The molecule has 2 rings (SSSR count). The molecule has 0 aliphatic heterocycles. The Labute approximate surface area is 154 Å². The maximum Gasteiger partial charge on any atom is 0.260 e. The number of carbonyl (C=O) groups excluding carboxylic acids is 1. The van der Waals surface area contributed by atoms with Gasteiger partial charge in [0.15, 0.2) is 0 Å². The number of hydrogen-bond donors (Lipinski definition) is 1. The molecule has 1 heterocycles. The van der Waals surface area contributed by atoms with Gasteiger partial charge in [-0.1, -0.05) is 19.9 Å². The Bertz CT molecular complexity index is 821. The highest BCUT2D eigenvalue weighted by Crippen LogP contribution is 2.20. The summed E-state index contributed by atoms with van der Waals surface area (Å²) < 4.78 is 32.0. The molecule has 0 saturated carbocycles. The third-order valence-electron chi connectivity index (χ3n) is 3.54. The SMILES string of the molecule is COc1ccc(S(=O)(=O)N(Cc2cccnc2)NC(=O)CC(C)C)cc1. The van der Waals surface area contributed by atoms with Crippen molar-refractivity contribution in [2.75, 3.05) is 7.11 Å². The summed E-state index contributed by atoms with van der Waals surface area (Å²) in [7, 11) is -2.43. The highest BCUT2D eigenvalue weighted by atomic mass is 32.2. The molecule has 1 aromatic carbocycles. The summed E-state index contributed by atoms with van der Waals surface area (Å²) in [6, 6.07) is 9.47. The van der Waals surface area contributed by atoms with Crippen molar-refractivity contribution in [1.82, 2.24) is 14.8 Å². The van der Waals surface area contributed by atoms with Crippen LogP contribution in [0.4, 0.5) is 0 Å². The molecule has 0 bridgehead atoms. The number of nitrogens with one attached hydrogen (secondary N) is 1. The van der Waals surface area contributed by atoms with Crippen molar-refractivity contribution in [1.29, 1.82) is 0 Å². The van der Waals surface area contributed by atoms with Crippen LogP contribution < -0.4 is 10.2 Å². The zero-order valence-corrected chi connectivity index (χ0v) is 15.9. The molecule has 0 aliphatic rings. The van der Waals surface area contributed by atoms with Gasteiger partial charge in [0.1, 0.15) is 5.75 Å². The van der Waals surface area contributed by atoms with E-state index in [1.165, 1.54) is 19.2 Å². The van der Waals surface area contributed by atoms with Crippen molar-refractivity contribution >= 4 is 15.9 Å². The summed E-state index contributed by atoms with van der Waals surface area (Å²) in [5.74, 6) is 0.298. The van der Waals surface area contributed by atoms with Crippen molar-refractivity contribution < 1.29 is 17.9 Å². The van der Waals surface area contributed by atoms with E-state index < -0.39 is 10.0 Å². The first kappa shape index (κ1) is 19.9. The van der Waals surface area contributed by atoms with Crippen LogP contribution in [-0.4, -0.2) is 30.8 Å². The number of aromatic nitrogens is 1. The van der Waals surface area contributed by atoms with E-state index in [9.17, 15) is 13.2 Å². The van der Waals surface area contributed by atoms with E-state index in [-0.39, 0.29) is 29.7 Å². The number of benzene rings is 1. The van der Waals surface area contributed by atoms with Gasteiger partial charge >= 0.3 is 0 Å². The van der Waals surface area contributed by atoms with Gasteiger partial charge in [0.25, 0.3) is 10.0 Å². The molecule has 0 saturated heterocycles. The van der Waals surface area contributed by atoms with Crippen LogP contribution in [0.25, 0.3) is 0 Å². The number of carbonyl (C=O) groups is 1. The normalized spacial score (nSPS) is 11.6. The molecule has 0 radical (unpaired) electrons. The fourth-order valence-electron chi connectivity index (χ4n) is 2.27. The fourth-order valence-corrected chi connectivity index (χ4v) is 3.55. The molecule has 0 spiro atoms. The lowest BCUT2D eigenvalue weighted by Crippen LogP contribution is -2.45. The Morgan fingerprint density at radius 2 is 1.92 bits per heavy atom. The minimum absolute atomic E-state index is 0.0218. The van der Waals surface area contributed by atoms with E-state index in [2.05, 4.69) is 10.4 Å². The number of nitrogens with zero attached hydrogens (tertiary/aromatic N) is 2. The van der Waals surface area contributed by atoms with Crippen LogP contribution in [0, 0.1) is 5.92 Å². The summed E-state index contributed by atoms with van der Waals surface area (Å²) in [6.45, 7) is 3.76. The van der Waals surface area contributed by atoms with Crippen LogP contribution in [0.15, 0.2) is 53.7 Å². The smallest absolute Gasteiger partial charge is 0.260 e. The molecular formula is C18H23N3O4S.